The van der Waals surface area contributed by atoms with Crippen LogP contribution < -0.4 is 4.74 Å². The number of rotatable bonds is 4. The molecule has 90 valence electrons. The van der Waals surface area contributed by atoms with Crippen molar-refractivity contribution in [2.75, 3.05) is 0 Å². The van der Waals surface area contributed by atoms with Crippen LogP contribution in [-0.4, -0.2) is 14.9 Å². The molecule has 1 aromatic carbocycles. The molecule has 17 heavy (non-hydrogen) atoms. The highest BCUT2D eigenvalue weighted by Gasteiger charge is 2.07. The number of aliphatic hydroxyl groups is 1. The van der Waals surface area contributed by atoms with Crippen molar-refractivity contribution in [3.8, 4) is 5.88 Å². The van der Waals surface area contributed by atoms with Gasteiger partial charge in [0, 0.05) is 29.3 Å². The third-order valence-corrected chi connectivity index (χ3v) is 3.18. The molecule has 0 saturated heterocycles. The smallest absolute Gasteiger partial charge is 0.233 e. The van der Waals surface area contributed by atoms with Gasteiger partial charge in [0.25, 0.3) is 0 Å². The predicted molar refractivity (Wildman–Crippen MR) is 67.6 cm³/mol. The van der Waals surface area contributed by atoms with Crippen LogP contribution in [0.5, 0.6) is 5.88 Å². The summed E-state index contributed by atoms with van der Waals surface area (Å²) in [5.74, 6) is 0.576. The van der Waals surface area contributed by atoms with Gasteiger partial charge in [0.15, 0.2) is 0 Å². The first-order chi connectivity index (χ1) is 8.20. The Bertz CT molecular complexity index is 511. The lowest BCUT2D eigenvalue weighted by atomic mass is 10.1. The maximum absolute atomic E-state index is 9.25. The van der Waals surface area contributed by atoms with Gasteiger partial charge in [0.1, 0.15) is 6.61 Å². The van der Waals surface area contributed by atoms with Gasteiger partial charge in [-0.05, 0) is 11.6 Å². The molecule has 2 aromatic rings. The number of benzene rings is 1. The molecule has 0 atom stereocenters. The van der Waals surface area contributed by atoms with Gasteiger partial charge < -0.3 is 9.84 Å². The molecule has 0 saturated carbocycles. The summed E-state index contributed by atoms with van der Waals surface area (Å²) in [7, 11) is 1.84. The highest BCUT2D eigenvalue weighted by molar-refractivity contribution is 9.10. The number of hydrogen-bond acceptors (Lipinski definition) is 3. The van der Waals surface area contributed by atoms with Crippen LogP contribution >= 0.6 is 15.9 Å². The van der Waals surface area contributed by atoms with E-state index in [1.165, 1.54) is 0 Å². The molecule has 0 aliphatic carbocycles. The average Bonchev–Trinajstić information content (AvgIpc) is 2.73. The SMILES string of the molecule is Cn1ccc(OCc2c(Br)cccc2CO)n1. The molecule has 0 unspecified atom stereocenters. The van der Waals surface area contributed by atoms with E-state index >= 15 is 0 Å². The molecule has 1 N–H and O–H groups in total. The minimum atomic E-state index is 0.000349. The van der Waals surface area contributed by atoms with E-state index in [-0.39, 0.29) is 6.61 Å². The van der Waals surface area contributed by atoms with Crippen molar-refractivity contribution in [3.05, 3.63) is 46.1 Å². The lowest BCUT2D eigenvalue weighted by Gasteiger charge is -2.09. The van der Waals surface area contributed by atoms with E-state index in [4.69, 9.17) is 4.74 Å². The zero-order valence-electron chi connectivity index (χ0n) is 9.43. The molecule has 0 spiro atoms. The Balaban J connectivity index is 2.13. The van der Waals surface area contributed by atoms with Crippen LogP contribution in [0, 0.1) is 0 Å². The second-order valence-corrected chi connectivity index (χ2v) is 4.51. The van der Waals surface area contributed by atoms with E-state index in [0.29, 0.717) is 12.5 Å². The highest BCUT2D eigenvalue weighted by Crippen LogP contribution is 2.22. The Morgan fingerprint density at radius 1 is 1.41 bits per heavy atom. The molecule has 1 heterocycles. The van der Waals surface area contributed by atoms with Crippen molar-refractivity contribution in [1.29, 1.82) is 0 Å². The summed E-state index contributed by atoms with van der Waals surface area (Å²) in [5.41, 5.74) is 1.80. The Morgan fingerprint density at radius 3 is 2.88 bits per heavy atom. The Morgan fingerprint density at radius 2 is 2.24 bits per heavy atom. The normalized spacial score (nSPS) is 10.5. The minimum Gasteiger partial charge on any atom is -0.472 e. The van der Waals surface area contributed by atoms with E-state index in [9.17, 15) is 5.11 Å². The molecule has 4 nitrogen and oxygen atoms in total. The molecule has 0 amide bonds. The number of aliphatic hydroxyl groups excluding tert-OH is 1. The third-order valence-electron chi connectivity index (χ3n) is 2.44. The lowest BCUT2D eigenvalue weighted by Crippen LogP contribution is -2.02. The van der Waals surface area contributed by atoms with Crippen molar-refractivity contribution in [3.63, 3.8) is 0 Å². The molecular formula is C12H13BrN2O2. The van der Waals surface area contributed by atoms with Gasteiger partial charge in [-0.1, -0.05) is 28.1 Å². The molecule has 0 aliphatic rings. The number of halogens is 1. The van der Waals surface area contributed by atoms with Crippen LogP contribution in [0.1, 0.15) is 11.1 Å². The molecular weight excluding hydrogens is 284 g/mol. The fourth-order valence-corrected chi connectivity index (χ4v) is 2.05. The first-order valence-corrected chi connectivity index (χ1v) is 5.99. The highest BCUT2D eigenvalue weighted by atomic mass is 79.9. The van der Waals surface area contributed by atoms with E-state index < -0.39 is 0 Å². The molecule has 0 bridgehead atoms. The summed E-state index contributed by atoms with van der Waals surface area (Å²) in [4.78, 5) is 0. The standard InChI is InChI=1S/C12H13BrN2O2/c1-15-6-5-12(14-15)17-8-10-9(7-16)3-2-4-11(10)13/h2-6,16H,7-8H2,1H3. The molecule has 0 aliphatic heterocycles. The van der Waals surface area contributed by atoms with Crippen LogP contribution in [0.2, 0.25) is 0 Å². The van der Waals surface area contributed by atoms with E-state index in [0.717, 1.165) is 15.6 Å². The van der Waals surface area contributed by atoms with Crippen molar-refractivity contribution in [1.82, 2.24) is 9.78 Å². The van der Waals surface area contributed by atoms with Gasteiger partial charge in [-0.3, -0.25) is 4.68 Å². The number of nitrogens with zero attached hydrogens (tertiary/aromatic N) is 2. The number of hydrogen-bond donors (Lipinski definition) is 1. The minimum absolute atomic E-state index is 0.000349. The third kappa shape index (κ3) is 2.87. The van der Waals surface area contributed by atoms with Crippen molar-refractivity contribution >= 4 is 15.9 Å². The van der Waals surface area contributed by atoms with Crippen molar-refractivity contribution < 1.29 is 9.84 Å². The lowest BCUT2D eigenvalue weighted by molar-refractivity contribution is 0.264. The maximum Gasteiger partial charge on any atom is 0.233 e. The summed E-state index contributed by atoms with van der Waals surface area (Å²) in [5, 5.41) is 13.4. The summed E-state index contributed by atoms with van der Waals surface area (Å²) >= 11 is 3.45. The summed E-state index contributed by atoms with van der Waals surface area (Å²) in [6.45, 7) is 0.384. The van der Waals surface area contributed by atoms with E-state index in [1.54, 1.807) is 10.7 Å². The van der Waals surface area contributed by atoms with Gasteiger partial charge in [0.2, 0.25) is 5.88 Å². The van der Waals surface area contributed by atoms with E-state index in [1.807, 2.05) is 31.4 Å². The summed E-state index contributed by atoms with van der Waals surface area (Å²) in [6, 6.07) is 7.49. The second kappa shape index (κ2) is 5.33. The van der Waals surface area contributed by atoms with Gasteiger partial charge in [-0.15, -0.1) is 5.10 Å². The second-order valence-electron chi connectivity index (χ2n) is 3.65. The zero-order valence-corrected chi connectivity index (χ0v) is 11.0. The van der Waals surface area contributed by atoms with Crippen LogP contribution in [0.4, 0.5) is 0 Å². The Labute approximate surface area is 108 Å². The molecule has 5 heteroatoms. The fourth-order valence-electron chi connectivity index (χ4n) is 1.53. The topological polar surface area (TPSA) is 47.3 Å². The Kier molecular flexibility index (Phi) is 3.81. The van der Waals surface area contributed by atoms with Crippen LogP contribution in [0.3, 0.4) is 0 Å². The van der Waals surface area contributed by atoms with Gasteiger partial charge >= 0.3 is 0 Å². The summed E-state index contributed by atoms with van der Waals surface area (Å²) < 4.78 is 8.18. The van der Waals surface area contributed by atoms with Crippen LogP contribution in [0.25, 0.3) is 0 Å². The number of aryl methyl sites for hydroxylation is 1. The number of aromatic nitrogens is 2. The van der Waals surface area contributed by atoms with Gasteiger partial charge in [0.05, 0.1) is 6.61 Å². The van der Waals surface area contributed by atoms with Crippen LogP contribution in [0.15, 0.2) is 34.9 Å². The maximum atomic E-state index is 9.25. The molecule has 1 aromatic heterocycles. The van der Waals surface area contributed by atoms with Crippen LogP contribution in [-0.2, 0) is 20.3 Å². The zero-order chi connectivity index (χ0) is 12.3. The average molecular weight is 297 g/mol. The van der Waals surface area contributed by atoms with E-state index in [2.05, 4.69) is 21.0 Å². The number of ether oxygens (including phenoxy) is 1. The van der Waals surface area contributed by atoms with Gasteiger partial charge in [-0.2, -0.15) is 0 Å². The fraction of sp³-hybridized carbons (Fsp3) is 0.250. The molecule has 0 radical (unpaired) electrons. The predicted octanol–water partition coefficient (Wildman–Crippen LogP) is 2.25. The van der Waals surface area contributed by atoms with Crippen molar-refractivity contribution in [2.45, 2.75) is 13.2 Å². The molecule has 2 rings (SSSR count). The monoisotopic (exact) mass is 296 g/mol. The van der Waals surface area contributed by atoms with Crippen molar-refractivity contribution in [2.24, 2.45) is 7.05 Å². The largest absolute Gasteiger partial charge is 0.472 e. The first kappa shape index (κ1) is 12.1. The van der Waals surface area contributed by atoms with Gasteiger partial charge in [-0.25, -0.2) is 0 Å². The Hall–Kier alpha value is -1.33. The first-order valence-electron chi connectivity index (χ1n) is 5.20. The quantitative estimate of drug-likeness (QED) is 0.941. The molecule has 0 fully saturated rings. The summed E-state index contributed by atoms with van der Waals surface area (Å²) in [6.07, 6.45) is 1.82.